The predicted molar refractivity (Wildman–Crippen MR) is 141 cm³/mol. The van der Waals surface area contributed by atoms with Gasteiger partial charge >= 0.3 is 0 Å². The predicted octanol–water partition coefficient (Wildman–Crippen LogP) is 6.58. The van der Waals surface area contributed by atoms with Gasteiger partial charge in [0.1, 0.15) is 18.6 Å². The van der Waals surface area contributed by atoms with E-state index in [1.54, 1.807) is 7.11 Å². The highest BCUT2D eigenvalue weighted by molar-refractivity contribution is 6.33. The molecule has 3 rings (SSSR count). The SMILES string of the molecule is CO/N=C/c1c(C)c(Cl)c(OC)c(C/C=C(C)/C=C/[C@@]2(C)[C@H](C)CC[C@H](NC3CC3)[C@@H]2C)c1O. The van der Waals surface area contributed by atoms with Gasteiger partial charge in [-0.25, -0.2) is 0 Å². The summed E-state index contributed by atoms with van der Waals surface area (Å²) in [7, 11) is 3.04. The third kappa shape index (κ3) is 5.63. The number of aromatic hydroxyl groups is 1. The highest BCUT2D eigenvalue weighted by Crippen LogP contribution is 2.47. The lowest BCUT2D eigenvalue weighted by Crippen LogP contribution is -2.49. The minimum Gasteiger partial charge on any atom is -0.507 e. The number of hydrogen-bond donors (Lipinski definition) is 2. The van der Waals surface area contributed by atoms with Crippen LogP contribution in [0.15, 0.2) is 29.0 Å². The molecule has 0 saturated heterocycles. The van der Waals surface area contributed by atoms with Gasteiger partial charge in [0.05, 0.1) is 18.3 Å². The quantitative estimate of drug-likeness (QED) is 0.234. The molecule has 4 atom stereocenters. The first-order chi connectivity index (χ1) is 16.1. The number of hydrogen-bond acceptors (Lipinski definition) is 5. The topological polar surface area (TPSA) is 63.1 Å². The summed E-state index contributed by atoms with van der Waals surface area (Å²) >= 11 is 6.56. The van der Waals surface area contributed by atoms with Crippen molar-refractivity contribution in [2.75, 3.05) is 14.2 Å². The van der Waals surface area contributed by atoms with Crippen LogP contribution in [-0.2, 0) is 11.3 Å². The van der Waals surface area contributed by atoms with Crippen molar-refractivity contribution < 1.29 is 14.7 Å². The monoisotopic (exact) mass is 488 g/mol. The van der Waals surface area contributed by atoms with Crippen molar-refractivity contribution in [1.82, 2.24) is 5.32 Å². The minimum atomic E-state index is 0.114. The Morgan fingerprint density at radius 1 is 1.24 bits per heavy atom. The van der Waals surface area contributed by atoms with Crippen molar-refractivity contribution in [2.45, 2.75) is 78.8 Å². The Bertz CT molecular complexity index is 967. The fourth-order valence-corrected chi connectivity index (χ4v) is 5.44. The van der Waals surface area contributed by atoms with E-state index in [1.807, 2.05) is 6.92 Å². The zero-order chi connectivity index (χ0) is 25.0. The van der Waals surface area contributed by atoms with Crippen LogP contribution in [0, 0.1) is 24.2 Å². The lowest BCUT2D eigenvalue weighted by Gasteiger charge is -2.48. The van der Waals surface area contributed by atoms with Crippen LogP contribution in [0.3, 0.4) is 0 Å². The van der Waals surface area contributed by atoms with Gasteiger partial charge in [-0.15, -0.1) is 0 Å². The summed E-state index contributed by atoms with van der Waals surface area (Å²) in [5.41, 5.74) is 3.15. The molecule has 0 amide bonds. The number of ether oxygens (including phenoxy) is 1. The van der Waals surface area contributed by atoms with E-state index >= 15 is 0 Å². The highest BCUT2D eigenvalue weighted by atomic mass is 35.5. The van der Waals surface area contributed by atoms with E-state index in [4.69, 9.17) is 21.2 Å². The number of nitrogens with zero attached hydrogens (tertiary/aromatic N) is 1. The molecule has 0 spiro atoms. The van der Waals surface area contributed by atoms with Gasteiger partial charge in [0.2, 0.25) is 0 Å². The van der Waals surface area contributed by atoms with E-state index < -0.39 is 0 Å². The molecule has 0 radical (unpaired) electrons. The molecule has 0 aromatic heterocycles. The lowest BCUT2D eigenvalue weighted by molar-refractivity contribution is 0.0785. The second-order valence-corrected chi connectivity index (χ2v) is 10.7. The third-order valence-corrected chi connectivity index (χ3v) is 8.61. The van der Waals surface area contributed by atoms with Gasteiger partial charge < -0.3 is 20.0 Å². The summed E-state index contributed by atoms with van der Waals surface area (Å²) in [6, 6.07) is 1.32. The molecule has 0 unspecified atom stereocenters. The van der Waals surface area contributed by atoms with E-state index in [0.717, 1.165) is 11.6 Å². The van der Waals surface area contributed by atoms with Crippen LogP contribution in [0.1, 0.15) is 70.1 Å². The maximum atomic E-state index is 11.0. The fraction of sp³-hybridized carbons (Fsp3) is 0.607. The largest absolute Gasteiger partial charge is 0.507 e. The lowest BCUT2D eigenvalue weighted by atomic mass is 9.60. The van der Waals surface area contributed by atoms with E-state index in [1.165, 1.54) is 39.0 Å². The average molecular weight is 489 g/mol. The van der Waals surface area contributed by atoms with Gasteiger partial charge in [-0.2, -0.15) is 0 Å². The Morgan fingerprint density at radius 3 is 2.56 bits per heavy atom. The standard InChI is InChI=1S/C28H41ClN2O3/c1-17(14-15-28(5)18(2)9-13-24(20(28)4)31-21-10-11-21)8-12-22-26(32)23(16-30-34-7)19(3)25(29)27(22)33-6/h8,14-16,18,20-21,24,31-32H,9-13H2,1-7H3/b15-14+,17-8+,30-16+/t18-,20+,24+,28+/m1/s1. The number of methoxy groups -OCH3 is 1. The maximum Gasteiger partial charge on any atom is 0.144 e. The first-order valence-corrected chi connectivity index (χ1v) is 12.8. The van der Waals surface area contributed by atoms with Crippen LogP contribution >= 0.6 is 11.6 Å². The van der Waals surface area contributed by atoms with Crippen molar-refractivity contribution in [2.24, 2.45) is 22.4 Å². The van der Waals surface area contributed by atoms with Crippen LogP contribution in [0.2, 0.25) is 5.02 Å². The number of phenols is 1. The van der Waals surface area contributed by atoms with Crippen molar-refractivity contribution in [3.63, 3.8) is 0 Å². The zero-order valence-corrected chi connectivity index (χ0v) is 22.5. The summed E-state index contributed by atoms with van der Waals surface area (Å²) in [6.45, 7) is 11.1. The molecule has 0 heterocycles. The number of oxime groups is 1. The van der Waals surface area contributed by atoms with Gasteiger partial charge in [-0.1, -0.05) is 61.3 Å². The van der Waals surface area contributed by atoms with Crippen molar-refractivity contribution in [3.8, 4) is 11.5 Å². The minimum absolute atomic E-state index is 0.114. The molecule has 6 heteroatoms. The summed E-state index contributed by atoms with van der Waals surface area (Å²) in [4.78, 5) is 4.80. The van der Waals surface area contributed by atoms with Gasteiger partial charge in [-0.05, 0) is 68.8 Å². The second kappa shape index (κ2) is 11.2. The number of halogens is 1. The molecule has 5 nitrogen and oxygen atoms in total. The molecule has 2 aliphatic rings. The molecule has 34 heavy (non-hydrogen) atoms. The van der Waals surface area contributed by atoms with Crippen LogP contribution in [0.4, 0.5) is 0 Å². The molecule has 2 fully saturated rings. The first-order valence-electron chi connectivity index (χ1n) is 12.4. The summed E-state index contributed by atoms with van der Waals surface area (Å²) in [5, 5.41) is 19.1. The van der Waals surface area contributed by atoms with E-state index in [9.17, 15) is 5.11 Å². The number of benzene rings is 1. The number of allylic oxidation sites excluding steroid dienone is 4. The third-order valence-electron chi connectivity index (χ3n) is 8.16. The van der Waals surface area contributed by atoms with Gasteiger partial charge in [-0.3, -0.25) is 0 Å². The Kier molecular flexibility index (Phi) is 8.75. The van der Waals surface area contributed by atoms with Gasteiger partial charge in [0.15, 0.2) is 0 Å². The molecular weight excluding hydrogens is 448 g/mol. The van der Waals surface area contributed by atoms with Crippen molar-refractivity contribution in [3.05, 3.63) is 45.5 Å². The Labute approximate surface area is 210 Å². The zero-order valence-electron chi connectivity index (χ0n) is 21.7. The number of nitrogens with one attached hydrogen (secondary N) is 1. The van der Waals surface area contributed by atoms with Crippen LogP contribution in [0.25, 0.3) is 0 Å². The van der Waals surface area contributed by atoms with Crippen LogP contribution < -0.4 is 10.1 Å². The Morgan fingerprint density at radius 2 is 1.94 bits per heavy atom. The molecule has 2 aliphatic carbocycles. The molecule has 2 N–H and O–H groups in total. The Hall–Kier alpha value is -1.98. The van der Waals surface area contributed by atoms with Crippen LogP contribution in [0.5, 0.6) is 11.5 Å². The fourth-order valence-electron chi connectivity index (χ4n) is 5.15. The normalized spacial score (nSPS) is 28.1. The summed E-state index contributed by atoms with van der Waals surface area (Å²) in [5.74, 6) is 1.81. The molecule has 0 bridgehead atoms. The summed E-state index contributed by atoms with van der Waals surface area (Å²) < 4.78 is 5.56. The summed E-state index contributed by atoms with van der Waals surface area (Å²) in [6.07, 6.45) is 13.9. The van der Waals surface area contributed by atoms with Gasteiger partial charge in [0, 0.05) is 23.2 Å². The van der Waals surface area contributed by atoms with E-state index in [2.05, 4.69) is 56.4 Å². The molecule has 188 valence electrons. The maximum absolute atomic E-state index is 11.0. The molecule has 1 aromatic carbocycles. The highest BCUT2D eigenvalue weighted by Gasteiger charge is 2.43. The van der Waals surface area contributed by atoms with E-state index in [-0.39, 0.29) is 11.2 Å². The molecule has 1 aromatic rings. The molecular formula is C28H41ClN2O3. The number of rotatable bonds is 9. The Balaban J connectivity index is 1.83. The molecule has 2 saturated carbocycles. The first kappa shape index (κ1) is 26.6. The van der Waals surface area contributed by atoms with Crippen molar-refractivity contribution in [1.29, 1.82) is 0 Å². The second-order valence-electron chi connectivity index (χ2n) is 10.3. The van der Waals surface area contributed by atoms with Crippen LogP contribution in [-0.4, -0.2) is 37.6 Å². The average Bonchev–Trinajstić information content (AvgIpc) is 3.64. The molecule has 0 aliphatic heterocycles. The van der Waals surface area contributed by atoms with Gasteiger partial charge in [0.25, 0.3) is 0 Å². The number of phenolic OH excluding ortho intramolecular Hbond substituents is 1. The van der Waals surface area contributed by atoms with Crippen molar-refractivity contribution >= 4 is 17.8 Å². The smallest absolute Gasteiger partial charge is 0.144 e. The van der Waals surface area contributed by atoms with E-state index in [0.29, 0.717) is 51.8 Å².